The summed E-state index contributed by atoms with van der Waals surface area (Å²) in [5, 5.41) is 3.55. The van der Waals surface area contributed by atoms with Gasteiger partial charge in [-0.1, -0.05) is 42.0 Å². The molecule has 0 aliphatic carbocycles. The summed E-state index contributed by atoms with van der Waals surface area (Å²) in [4.78, 5) is 14.5. The SMILES string of the molecule is COc1ccc(C2CC(=O)C(Sc3ccc(C)cc3)C(c3ccc(OC)cc3)N2)cc1. The Labute approximate surface area is 188 Å². The first-order valence-corrected chi connectivity index (χ1v) is 11.3. The lowest BCUT2D eigenvalue weighted by Crippen LogP contribution is -2.44. The maximum absolute atomic E-state index is 13.4. The van der Waals surface area contributed by atoms with Gasteiger partial charge in [-0.3, -0.25) is 4.79 Å². The summed E-state index contributed by atoms with van der Waals surface area (Å²) in [5.74, 6) is 1.87. The van der Waals surface area contributed by atoms with Crippen LogP contribution in [0, 0.1) is 6.92 Å². The summed E-state index contributed by atoms with van der Waals surface area (Å²) >= 11 is 1.63. The van der Waals surface area contributed by atoms with E-state index in [9.17, 15) is 4.79 Å². The summed E-state index contributed by atoms with van der Waals surface area (Å²) in [6, 6.07) is 24.1. The van der Waals surface area contributed by atoms with Crippen LogP contribution in [0.1, 0.15) is 35.2 Å². The molecule has 0 aromatic heterocycles. The molecule has 31 heavy (non-hydrogen) atoms. The van der Waals surface area contributed by atoms with Crippen molar-refractivity contribution in [1.82, 2.24) is 5.32 Å². The monoisotopic (exact) mass is 433 g/mol. The molecule has 3 unspecified atom stereocenters. The van der Waals surface area contributed by atoms with Gasteiger partial charge >= 0.3 is 0 Å². The molecule has 5 heteroatoms. The fourth-order valence-electron chi connectivity index (χ4n) is 3.90. The number of ketones is 1. The van der Waals surface area contributed by atoms with Crippen molar-refractivity contribution < 1.29 is 14.3 Å². The van der Waals surface area contributed by atoms with Crippen molar-refractivity contribution in [2.75, 3.05) is 14.2 Å². The van der Waals surface area contributed by atoms with Crippen LogP contribution >= 0.6 is 11.8 Å². The van der Waals surface area contributed by atoms with Crippen LogP contribution in [0.2, 0.25) is 0 Å². The van der Waals surface area contributed by atoms with Gasteiger partial charge in [0.1, 0.15) is 17.3 Å². The number of piperidine rings is 1. The summed E-state index contributed by atoms with van der Waals surface area (Å²) in [6.45, 7) is 2.07. The highest BCUT2D eigenvalue weighted by atomic mass is 32.2. The molecule has 4 nitrogen and oxygen atoms in total. The third-order valence-corrected chi connectivity index (χ3v) is 7.02. The van der Waals surface area contributed by atoms with Gasteiger partial charge in [-0.25, -0.2) is 0 Å². The normalized spacial score (nSPS) is 21.0. The minimum absolute atomic E-state index is 0.0413. The first kappa shape index (κ1) is 21.5. The van der Waals surface area contributed by atoms with E-state index < -0.39 is 0 Å². The van der Waals surface area contributed by atoms with E-state index in [1.807, 2.05) is 48.5 Å². The zero-order chi connectivity index (χ0) is 21.8. The quantitative estimate of drug-likeness (QED) is 0.555. The third-order valence-electron chi connectivity index (χ3n) is 5.68. The van der Waals surface area contributed by atoms with E-state index in [4.69, 9.17) is 9.47 Å². The van der Waals surface area contributed by atoms with Crippen LogP contribution in [0.15, 0.2) is 77.7 Å². The molecule has 0 amide bonds. The molecule has 1 aliphatic rings. The topological polar surface area (TPSA) is 47.6 Å². The number of thioether (sulfide) groups is 1. The molecule has 0 bridgehead atoms. The van der Waals surface area contributed by atoms with E-state index in [1.54, 1.807) is 26.0 Å². The van der Waals surface area contributed by atoms with Gasteiger partial charge in [-0.2, -0.15) is 0 Å². The predicted octanol–water partition coefficient (Wildman–Crippen LogP) is 5.52. The maximum atomic E-state index is 13.4. The zero-order valence-electron chi connectivity index (χ0n) is 18.0. The lowest BCUT2D eigenvalue weighted by atomic mass is 9.89. The zero-order valence-corrected chi connectivity index (χ0v) is 18.8. The van der Waals surface area contributed by atoms with Crippen molar-refractivity contribution in [1.29, 1.82) is 0 Å². The number of carbonyl (C=O) groups excluding carboxylic acids is 1. The highest BCUT2D eigenvalue weighted by Crippen LogP contribution is 2.40. The molecule has 4 rings (SSSR count). The Morgan fingerprint density at radius 3 is 1.90 bits per heavy atom. The number of hydrogen-bond donors (Lipinski definition) is 1. The third kappa shape index (κ3) is 4.94. The van der Waals surface area contributed by atoms with E-state index in [2.05, 4.69) is 36.5 Å². The van der Waals surface area contributed by atoms with Crippen molar-refractivity contribution in [2.24, 2.45) is 0 Å². The fraction of sp³-hybridized carbons (Fsp3) is 0.269. The van der Waals surface area contributed by atoms with Crippen molar-refractivity contribution in [3.05, 3.63) is 89.5 Å². The average Bonchev–Trinajstić information content (AvgIpc) is 2.81. The maximum Gasteiger partial charge on any atom is 0.150 e. The van der Waals surface area contributed by atoms with Crippen LogP contribution in [0.5, 0.6) is 11.5 Å². The Hall–Kier alpha value is -2.76. The van der Waals surface area contributed by atoms with Gasteiger partial charge in [-0.15, -0.1) is 11.8 Å². The molecule has 3 aromatic carbocycles. The van der Waals surface area contributed by atoms with Crippen molar-refractivity contribution in [3.8, 4) is 11.5 Å². The minimum Gasteiger partial charge on any atom is -0.497 e. The van der Waals surface area contributed by atoms with Gasteiger partial charge in [-0.05, 0) is 54.4 Å². The molecule has 0 saturated carbocycles. The molecule has 0 spiro atoms. The van der Waals surface area contributed by atoms with Crippen molar-refractivity contribution in [2.45, 2.75) is 35.6 Å². The van der Waals surface area contributed by atoms with Gasteiger partial charge in [0.2, 0.25) is 0 Å². The van der Waals surface area contributed by atoms with Crippen LogP contribution in [0.3, 0.4) is 0 Å². The van der Waals surface area contributed by atoms with E-state index in [-0.39, 0.29) is 23.1 Å². The van der Waals surface area contributed by atoms with E-state index in [0.29, 0.717) is 6.42 Å². The summed E-state index contributed by atoms with van der Waals surface area (Å²) in [7, 11) is 3.32. The molecule has 1 fully saturated rings. The van der Waals surface area contributed by atoms with Gasteiger partial charge in [0.15, 0.2) is 0 Å². The second kappa shape index (κ2) is 9.58. The number of aryl methyl sites for hydroxylation is 1. The number of ether oxygens (including phenoxy) is 2. The van der Waals surface area contributed by atoms with E-state index in [0.717, 1.165) is 27.5 Å². The number of carbonyl (C=O) groups is 1. The fourth-order valence-corrected chi connectivity index (χ4v) is 5.08. The number of benzene rings is 3. The lowest BCUT2D eigenvalue weighted by Gasteiger charge is -2.37. The summed E-state index contributed by atoms with van der Waals surface area (Å²) in [6.07, 6.45) is 0.461. The number of rotatable bonds is 6. The molecule has 0 radical (unpaired) electrons. The molecule has 1 N–H and O–H groups in total. The molecule has 1 heterocycles. The average molecular weight is 434 g/mol. The smallest absolute Gasteiger partial charge is 0.150 e. The number of nitrogens with one attached hydrogen (secondary N) is 1. The first-order valence-electron chi connectivity index (χ1n) is 10.4. The molecule has 1 saturated heterocycles. The molecule has 160 valence electrons. The van der Waals surface area contributed by atoms with E-state index >= 15 is 0 Å². The second-order valence-electron chi connectivity index (χ2n) is 7.77. The number of Topliss-reactive ketones (excluding diaryl/α,β-unsaturated/α-hetero) is 1. The van der Waals surface area contributed by atoms with Crippen molar-refractivity contribution in [3.63, 3.8) is 0 Å². The number of hydrogen-bond acceptors (Lipinski definition) is 5. The predicted molar refractivity (Wildman–Crippen MR) is 125 cm³/mol. The van der Waals surface area contributed by atoms with E-state index in [1.165, 1.54) is 5.56 Å². The Balaban J connectivity index is 1.64. The van der Waals surface area contributed by atoms with Gasteiger partial charge < -0.3 is 14.8 Å². The first-order chi connectivity index (χ1) is 15.1. The highest BCUT2D eigenvalue weighted by Gasteiger charge is 2.38. The standard InChI is InChI=1S/C26H27NO3S/c1-17-4-14-22(15-5-17)31-26-24(28)16-23(18-6-10-20(29-2)11-7-18)27-25(26)19-8-12-21(30-3)13-9-19/h4-15,23,25-27H,16H2,1-3H3. The highest BCUT2D eigenvalue weighted by molar-refractivity contribution is 8.00. The van der Waals surface area contributed by atoms with Gasteiger partial charge in [0, 0.05) is 17.4 Å². The lowest BCUT2D eigenvalue weighted by molar-refractivity contribution is -0.121. The van der Waals surface area contributed by atoms with Crippen LogP contribution in [-0.2, 0) is 4.79 Å². The van der Waals surface area contributed by atoms with Crippen LogP contribution in [0.25, 0.3) is 0 Å². The molecule has 3 aromatic rings. The van der Waals surface area contributed by atoms with Crippen molar-refractivity contribution >= 4 is 17.5 Å². The Morgan fingerprint density at radius 1 is 0.806 bits per heavy atom. The van der Waals surface area contributed by atoms with Crippen LogP contribution in [-0.4, -0.2) is 25.3 Å². The molecular formula is C26H27NO3S. The Morgan fingerprint density at radius 2 is 1.35 bits per heavy atom. The number of methoxy groups -OCH3 is 2. The summed E-state index contributed by atoms with van der Waals surface area (Å²) < 4.78 is 10.6. The van der Waals surface area contributed by atoms with Crippen LogP contribution < -0.4 is 14.8 Å². The molecule has 3 atom stereocenters. The van der Waals surface area contributed by atoms with Gasteiger partial charge in [0.05, 0.1) is 25.5 Å². The Bertz CT molecular complexity index is 1020. The summed E-state index contributed by atoms with van der Waals surface area (Å²) in [5.41, 5.74) is 3.38. The van der Waals surface area contributed by atoms with Crippen LogP contribution in [0.4, 0.5) is 0 Å². The van der Waals surface area contributed by atoms with Gasteiger partial charge in [0.25, 0.3) is 0 Å². The Kier molecular flexibility index (Phi) is 6.64. The molecular weight excluding hydrogens is 406 g/mol. The molecule has 1 aliphatic heterocycles. The second-order valence-corrected chi connectivity index (χ2v) is 8.98. The minimum atomic E-state index is -0.203. The largest absolute Gasteiger partial charge is 0.497 e.